The molecule has 2 aromatic rings. The fraction of sp³-hybridized carbons (Fsp3) is 0.0556. The molecule has 0 unspecified atom stereocenters. The number of benzene rings is 2. The third-order valence-electron chi connectivity index (χ3n) is 3.54. The van der Waals surface area contributed by atoms with Crippen LogP contribution >= 0.6 is 0 Å². The van der Waals surface area contributed by atoms with Crippen molar-refractivity contribution in [2.75, 3.05) is 4.90 Å². The van der Waals surface area contributed by atoms with Gasteiger partial charge in [0.05, 0.1) is 5.69 Å². The van der Waals surface area contributed by atoms with Gasteiger partial charge >= 0.3 is 6.03 Å². The van der Waals surface area contributed by atoms with Crippen LogP contribution in [0.4, 0.5) is 14.9 Å². The summed E-state index contributed by atoms with van der Waals surface area (Å²) in [6, 6.07) is 11.3. The number of nitrogens with zero attached hydrogens (tertiary/aromatic N) is 1. The zero-order valence-corrected chi connectivity index (χ0v) is 12.7. The smallest absolute Gasteiger partial charge is 0.273 e. The van der Waals surface area contributed by atoms with Crippen LogP contribution in [-0.4, -0.2) is 17.8 Å². The average Bonchev–Trinajstić information content (AvgIpc) is 2.53. The van der Waals surface area contributed by atoms with E-state index in [1.54, 1.807) is 18.2 Å². The van der Waals surface area contributed by atoms with Crippen LogP contribution in [0.2, 0.25) is 0 Å². The zero-order chi connectivity index (χ0) is 17.3. The van der Waals surface area contributed by atoms with E-state index in [2.05, 4.69) is 5.32 Å². The van der Waals surface area contributed by atoms with Crippen molar-refractivity contribution >= 4 is 29.6 Å². The minimum Gasteiger partial charge on any atom is -0.273 e. The number of hydrogen-bond donors (Lipinski definition) is 1. The van der Waals surface area contributed by atoms with Crippen LogP contribution in [0, 0.1) is 12.7 Å². The number of barbiturate groups is 1. The maximum atomic E-state index is 13.0. The summed E-state index contributed by atoms with van der Waals surface area (Å²) in [6.45, 7) is 1.83. The Bertz CT molecular complexity index is 872. The second kappa shape index (κ2) is 6.08. The van der Waals surface area contributed by atoms with Crippen LogP contribution < -0.4 is 10.2 Å². The first-order valence-electron chi connectivity index (χ1n) is 7.19. The molecule has 0 bridgehead atoms. The van der Waals surface area contributed by atoms with Crippen molar-refractivity contribution in [1.82, 2.24) is 5.32 Å². The number of anilines is 1. The van der Waals surface area contributed by atoms with Crippen LogP contribution in [0.1, 0.15) is 11.1 Å². The highest BCUT2D eigenvalue weighted by molar-refractivity contribution is 6.39. The Morgan fingerprint density at radius 1 is 1.04 bits per heavy atom. The summed E-state index contributed by atoms with van der Waals surface area (Å²) in [5.41, 5.74) is 1.53. The lowest BCUT2D eigenvalue weighted by atomic mass is 10.1. The van der Waals surface area contributed by atoms with Crippen LogP contribution in [0.3, 0.4) is 0 Å². The minimum atomic E-state index is -0.799. The van der Waals surface area contributed by atoms with E-state index in [1.165, 1.54) is 30.3 Å². The Morgan fingerprint density at radius 2 is 1.75 bits per heavy atom. The van der Waals surface area contributed by atoms with Gasteiger partial charge in [0.2, 0.25) is 0 Å². The number of halogens is 1. The maximum Gasteiger partial charge on any atom is 0.335 e. The highest BCUT2D eigenvalue weighted by atomic mass is 19.1. The van der Waals surface area contributed by atoms with Crippen molar-refractivity contribution in [3.63, 3.8) is 0 Å². The van der Waals surface area contributed by atoms with Crippen LogP contribution in [0.25, 0.3) is 6.08 Å². The van der Waals surface area contributed by atoms with Crippen LogP contribution in [-0.2, 0) is 9.59 Å². The molecule has 24 heavy (non-hydrogen) atoms. The lowest BCUT2D eigenvalue weighted by Crippen LogP contribution is -2.54. The summed E-state index contributed by atoms with van der Waals surface area (Å²) < 4.78 is 13.0. The summed E-state index contributed by atoms with van der Waals surface area (Å²) >= 11 is 0. The molecule has 0 atom stereocenters. The first-order chi connectivity index (χ1) is 11.5. The normalized spacial score (nSPS) is 16.5. The van der Waals surface area contributed by atoms with Crippen molar-refractivity contribution in [3.8, 4) is 0 Å². The number of rotatable bonds is 2. The number of carbonyl (C=O) groups excluding carboxylic acids is 3. The molecule has 4 amide bonds. The molecule has 3 rings (SSSR count). The van der Waals surface area contributed by atoms with Crippen molar-refractivity contribution in [2.24, 2.45) is 0 Å². The summed E-state index contributed by atoms with van der Waals surface area (Å²) in [4.78, 5) is 37.6. The lowest BCUT2D eigenvalue weighted by molar-refractivity contribution is -0.122. The Kier molecular flexibility index (Phi) is 3.95. The summed E-state index contributed by atoms with van der Waals surface area (Å²) in [5.74, 6) is -1.93. The molecule has 1 saturated heterocycles. The third kappa shape index (κ3) is 2.94. The van der Waals surface area contributed by atoms with Gasteiger partial charge in [0.1, 0.15) is 11.4 Å². The molecular weight excluding hydrogens is 311 g/mol. The number of nitrogens with one attached hydrogen (secondary N) is 1. The van der Waals surface area contributed by atoms with Gasteiger partial charge in [-0.05, 0) is 48.4 Å². The van der Waals surface area contributed by atoms with Crippen molar-refractivity contribution < 1.29 is 18.8 Å². The molecule has 0 aromatic heterocycles. The largest absolute Gasteiger partial charge is 0.335 e. The first-order valence-corrected chi connectivity index (χ1v) is 7.19. The minimum absolute atomic E-state index is 0.192. The van der Waals surface area contributed by atoms with Gasteiger partial charge in [0.15, 0.2) is 0 Å². The molecule has 1 aliphatic heterocycles. The van der Waals surface area contributed by atoms with Gasteiger partial charge in [-0.15, -0.1) is 0 Å². The first kappa shape index (κ1) is 15.6. The molecule has 2 aromatic carbocycles. The van der Waals surface area contributed by atoms with E-state index in [-0.39, 0.29) is 5.57 Å². The predicted molar refractivity (Wildman–Crippen MR) is 86.6 cm³/mol. The van der Waals surface area contributed by atoms with Crippen LogP contribution in [0.15, 0.2) is 54.1 Å². The summed E-state index contributed by atoms with van der Waals surface area (Å²) in [5, 5.41) is 2.14. The highest BCUT2D eigenvalue weighted by Gasteiger charge is 2.36. The molecular formula is C18H13FN2O3. The number of carbonyl (C=O) groups is 3. The lowest BCUT2D eigenvalue weighted by Gasteiger charge is -2.26. The molecule has 0 radical (unpaired) electrons. The van der Waals surface area contributed by atoms with Gasteiger partial charge < -0.3 is 0 Å². The Hall–Kier alpha value is -3.28. The molecule has 5 nitrogen and oxygen atoms in total. The average molecular weight is 324 g/mol. The zero-order valence-electron chi connectivity index (χ0n) is 12.7. The molecule has 120 valence electrons. The van der Waals surface area contributed by atoms with Gasteiger partial charge in [-0.2, -0.15) is 0 Å². The number of aryl methyl sites for hydroxylation is 1. The third-order valence-corrected chi connectivity index (χ3v) is 3.54. The van der Waals surface area contributed by atoms with Crippen molar-refractivity contribution in [2.45, 2.75) is 6.92 Å². The standard InChI is InChI=1S/C18H13FN2O3/c1-11-3-2-4-14(9-11)21-17(23)15(16(22)20-18(21)24)10-12-5-7-13(19)8-6-12/h2-10H,1H3,(H,20,22,24)/b15-10+. The van der Waals surface area contributed by atoms with Gasteiger partial charge in [-0.3, -0.25) is 14.9 Å². The molecule has 1 fully saturated rings. The summed E-state index contributed by atoms with van der Waals surface area (Å²) in [6.07, 6.45) is 1.33. The Labute approximate surface area is 137 Å². The molecule has 6 heteroatoms. The fourth-order valence-electron chi connectivity index (χ4n) is 2.38. The molecule has 0 aliphatic carbocycles. The van der Waals surface area contributed by atoms with Gasteiger partial charge in [0, 0.05) is 0 Å². The number of urea groups is 1. The number of hydrogen-bond acceptors (Lipinski definition) is 3. The van der Waals surface area contributed by atoms with Gasteiger partial charge in [-0.1, -0.05) is 24.3 Å². The maximum absolute atomic E-state index is 13.0. The Balaban J connectivity index is 2.01. The summed E-state index contributed by atoms with van der Waals surface area (Å²) in [7, 11) is 0. The van der Waals surface area contributed by atoms with Gasteiger partial charge in [-0.25, -0.2) is 14.1 Å². The van der Waals surface area contributed by atoms with E-state index < -0.39 is 23.7 Å². The molecule has 0 spiro atoms. The van der Waals surface area contributed by atoms with Gasteiger partial charge in [0.25, 0.3) is 11.8 Å². The quantitative estimate of drug-likeness (QED) is 0.682. The van der Waals surface area contributed by atoms with E-state index in [4.69, 9.17) is 0 Å². The fourth-order valence-corrected chi connectivity index (χ4v) is 2.38. The number of imide groups is 2. The molecule has 1 N–H and O–H groups in total. The number of amides is 4. The highest BCUT2D eigenvalue weighted by Crippen LogP contribution is 2.22. The topological polar surface area (TPSA) is 66.5 Å². The van der Waals surface area contributed by atoms with Crippen molar-refractivity contribution in [1.29, 1.82) is 0 Å². The predicted octanol–water partition coefficient (Wildman–Crippen LogP) is 2.80. The molecule has 1 aliphatic rings. The Morgan fingerprint density at radius 3 is 2.42 bits per heavy atom. The van der Waals surface area contributed by atoms with Crippen LogP contribution in [0.5, 0.6) is 0 Å². The van der Waals surface area contributed by atoms with E-state index >= 15 is 0 Å². The van der Waals surface area contributed by atoms with E-state index in [1.807, 2.05) is 13.0 Å². The SMILES string of the molecule is Cc1cccc(N2C(=O)NC(=O)/C(=C\c3ccc(F)cc3)C2=O)c1. The molecule has 1 heterocycles. The second-order valence-electron chi connectivity index (χ2n) is 5.35. The second-order valence-corrected chi connectivity index (χ2v) is 5.35. The van der Waals surface area contributed by atoms with E-state index in [0.717, 1.165) is 10.5 Å². The van der Waals surface area contributed by atoms with Crippen molar-refractivity contribution in [3.05, 3.63) is 71.0 Å². The molecule has 0 saturated carbocycles. The van der Waals surface area contributed by atoms with E-state index in [0.29, 0.717) is 11.3 Å². The monoisotopic (exact) mass is 324 g/mol. The van der Waals surface area contributed by atoms with E-state index in [9.17, 15) is 18.8 Å².